The highest BCUT2D eigenvalue weighted by Crippen LogP contribution is 2.37. The molecule has 0 saturated carbocycles. The smallest absolute Gasteiger partial charge is 0.261 e. The molecule has 4 rings (SSSR count). The fourth-order valence-corrected chi connectivity index (χ4v) is 4.43. The molecule has 9 heteroatoms. The summed E-state index contributed by atoms with van der Waals surface area (Å²) >= 11 is 0. The van der Waals surface area contributed by atoms with Gasteiger partial charge in [0.1, 0.15) is 0 Å². The van der Waals surface area contributed by atoms with Crippen LogP contribution in [0.3, 0.4) is 0 Å². The van der Waals surface area contributed by atoms with Crippen molar-refractivity contribution in [2.75, 3.05) is 39.3 Å². The SMILES string of the molecule is C#CCNCCCN1C(=O)c2ccc3c4c(ccc(c24)C1=O)C(=O)N(CCCNCC#C)C3=O.Cl. The Bertz CT molecular complexity index is 1120. The monoisotopic (exact) mass is 492 g/mol. The van der Waals surface area contributed by atoms with Gasteiger partial charge in [-0.25, -0.2) is 0 Å². The maximum Gasteiger partial charge on any atom is 0.261 e. The van der Waals surface area contributed by atoms with E-state index in [2.05, 4.69) is 22.5 Å². The Hall–Kier alpha value is -3.69. The molecule has 4 amide bonds. The maximum absolute atomic E-state index is 13.2. The van der Waals surface area contributed by atoms with Crippen LogP contribution in [0.15, 0.2) is 24.3 Å². The number of nitrogens with one attached hydrogen (secondary N) is 2. The molecule has 0 atom stereocenters. The van der Waals surface area contributed by atoms with Crippen molar-refractivity contribution in [3.05, 3.63) is 46.5 Å². The third-order valence-corrected chi connectivity index (χ3v) is 5.99. The number of nitrogens with zero attached hydrogens (tertiary/aromatic N) is 2. The van der Waals surface area contributed by atoms with Crippen molar-refractivity contribution in [1.29, 1.82) is 0 Å². The third kappa shape index (κ3) is 4.65. The molecule has 2 aliphatic rings. The van der Waals surface area contributed by atoms with Crippen LogP contribution in [0.1, 0.15) is 54.3 Å². The minimum absolute atomic E-state index is 0. The van der Waals surface area contributed by atoms with Gasteiger partial charge in [0.2, 0.25) is 0 Å². The second kappa shape index (κ2) is 11.2. The molecule has 0 aromatic heterocycles. The lowest BCUT2D eigenvalue weighted by Gasteiger charge is -2.32. The van der Waals surface area contributed by atoms with E-state index >= 15 is 0 Å². The van der Waals surface area contributed by atoms with Crippen molar-refractivity contribution in [3.63, 3.8) is 0 Å². The molecule has 0 radical (unpaired) electrons. The molecule has 0 saturated heterocycles. The summed E-state index contributed by atoms with van der Waals surface area (Å²) in [7, 11) is 0. The largest absolute Gasteiger partial charge is 0.306 e. The number of imide groups is 2. The van der Waals surface area contributed by atoms with E-state index in [0.717, 1.165) is 0 Å². The topological polar surface area (TPSA) is 98.8 Å². The van der Waals surface area contributed by atoms with Crippen LogP contribution < -0.4 is 10.6 Å². The predicted molar refractivity (Wildman–Crippen MR) is 135 cm³/mol. The van der Waals surface area contributed by atoms with Gasteiger partial charge < -0.3 is 10.6 Å². The highest BCUT2D eigenvalue weighted by atomic mass is 35.5. The molecular formula is C26H25ClN4O4. The molecule has 0 bridgehead atoms. The molecule has 2 aromatic carbocycles. The first-order chi connectivity index (χ1) is 16.5. The van der Waals surface area contributed by atoms with Gasteiger partial charge in [-0.1, -0.05) is 11.8 Å². The van der Waals surface area contributed by atoms with E-state index in [1.54, 1.807) is 24.3 Å². The summed E-state index contributed by atoms with van der Waals surface area (Å²) in [5.74, 6) is 3.23. The molecule has 2 aromatic rings. The molecule has 35 heavy (non-hydrogen) atoms. The van der Waals surface area contributed by atoms with E-state index in [4.69, 9.17) is 12.8 Å². The van der Waals surface area contributed by atoms with Gasteiger partial charge in [-0.3, -0.25) is 29.0 Å². The Morgan fingerprint density at radius 2 is 0.943 bits per heavy atom. The van der Waals surface area contributed by atoms with Crippen molar-refractivity contribution >= 4 is 46.8 Å². The van der Waals surface area contributed by atoms with E-state index in [9.17, 15) is 19.2 Å². The predicted octanol–water partition coefficient (Wildman–Crippen LogP) is 1.68. The second-order valence-corrected chi connectivity index (χ2v) is 8.06. The normalized spacial score (nSPS) is 14.1. The molecule has 180 valence electrons. The highest BCUT2D eigenvalue weighted by Gasteiger charge is 2.39. The fraction of sp³-hybridized carbons (Fsp3) is 0.308. The minimum atomic E-state index is -0.430. The van der Waals surface area contributed by atoms with E-state index in [-0.39, 0.29) is 25.5 Å². The van der Waals surface area contributed by atoms with Gasteiger partial charge in [0, 0.05) is 46.1 Å². The van der Waals surface area contributed by atoms with Crippen LogP contribution in [0, 0.1) is 24.7 Å². The lowest BCUT2D eigenvalue weighted by Crippen LogP contribution is -2.44. The van der Waals surface area contributed by atoms with Crippen LogP contribution >= 0.6 is 12.4 Å². The first-order valence-corrected chi connectivity index (χ1v) is 11.1. The summed E-state index contributed by atoms with van der Waals surface area (Å²) in [6.45, 7) is 2.43. The average molecular weight is 493 g/mol. The van der Waals surface area contributed by atoms with Crippen LogP contribution in [-0.2, 0) is 0 Å². The van der Waals surface area contributed by atoms with Crippen molar-refractivity contribution in [2.24, 2.45) is 0 Å². The molecule has 0 spiro atoms. The van der Waals surface area contributed by atoms with Gasteiger partial charge in [0.25, 0.3) is 23.6 Å². The van der Waals surface area contributed by atoms with Crippen LogP contribution in [0.5, 0.6) is 0 Å². The number of amides is 4. The zero-order valence-corrected chi connectivity index (χ0v) is 19.9. The Balaban J connectivity index is 0.00000342. The van der Waals surface area contributed by atoms with Gasteiger partial charge >= 0.3 is 0 Å². The minimum Gasteiger partial charge on any atom is -0.306 e. The number of carbonyl (C=O) groups excluding carboxylic acids is 4. The number of hydrogen-bond acceptors (Lipinski definition) is 6. The van der Waals surface area contributed by atoms with Crippen molar-refractivity contribution < 1.29 is 19.2 Å². The maximum atomic E-state index is 13.2. The number of terminal acetylenes is 2. The Kier molecular flexibility index (Phi) is 8.26. The Morgan fingerprint density at radius 1 is 0.629 bits per heavy atom. The van der Waals surface area contributed by atoms with Crippen LogP contribution in [0.4, 0.5) is 0 Å². The van der Waals surface area contributed by atoms with Crippen LogP contribution in [-0.4, -0.2) is 72.7 Å². The van der Waals surface area contributed by atoms with Gasteiger partial charge in [-0.2, -0.15) is 0 Å². The number of carbonyl (C=O) groups is 4. The molecular weight excluding hydrogens is 468 g/mol. The molecule has 2 heterocycles. The average Bonchev–Trinajstić information content (AvgIpc) is 2.84. The van der Waals surface area contributed by atoms with Gasteiger partial charge in [-0.05, 0) is 50.2 Å². The lowest BCUT2D eigenvalue weighted by atomic mass is 9.86. The first-order valence-electron chi connectivity index (χ1n) is 11.1. The molecule has 2 aliphatic heterocycles. The fourth-order valence-electron chi connectivity index (χ4n) is 4.43. The zero-order chi connectivity index (χ0) is 24.2. The van der Waals surface area contributed by atoms with E-state index in [0.29, 0.717) is 72.0 Å². The summed E-state index contributed by atoms with van der Waals surface area (Å²) in [4.78, 5) is 55.1. The summed E-state index contributed by atoms with van der Waals surface area (Å²) < 4.78 is 0. The third-order valence-electron chi connectivity index (χ3n) is 5.99. The summed E-state index contributed by atoms with van der Waals surface area (Å²) in [6.07, 6.45) is 11.5. The van der Waals surface area contributed by atoms with Crippen molar-refractivity contribution in [2.45, 2.75) is 12.8 Å². The molecule has 0 aliphatic carbocycles. The Morgan fingerprint density at radius 3 is 1.23 bits per heavy atom. The summed E-state index contributed by atoms with van der Waals surface area (Å²) in [5.41, 5.74) is 1.28. The first kappa shape index (κ1) is 25.9. The molecule has 2 N–H and O–H groups in total. The van der Waals surface area contributed by atoms with Crippen LogP contribution in [0.25, 0.3) is 10.8 Å². The summed E-state index contributed by atoms with van der Waals surface area (Å²) in [6, 6.07) is 6.29. The quantitative estimate of drug-likeness (QED) is 0.297. The standard InChI is InChI=1S/C26H24N4O4.ClH/c1-3-11-27-13-5-15-29-23(31)17-7-9-19-22-20(10-8-18(21(17)22)24(29)32)26(34)30(25(19)33)16-6-14-28-12-4-2;/h1-2,7-10,27-28H,5-6,11-16H2;1H. The number of halogens is 1. The number of hydrogen-bond donors (Lipinski definition) is 2. The Labute approximate surface area is 209 Å². The van der Waals surface area contributed by atoms with Gasteiger partial charge in [0.15, 0.2) is 0 Å². The van der Waals surface area contributed by atoms with Crippen molar-refractivity contribution in [3.8, 4) is 24.7 Å². The summed E-state index contributed by atoms with van der Waals surface area (Å²) in [5, 5.41) is 6.82. The molecule has 8 nitrogen and oxygen atoms in total. The lowest BCUT2D eigenvalue weighted by molar-refractivity contribution is 0.0587. The highest BCUT2D eigenvalue weighted by molar-refractivity contribution is 6.33. The number of benzene rings is 2. The van der Waals surface area contributed by atoms with E-state index < -0.39 is 23.6 Å². The molecule has 0 unspecified atom stereocenters. The zero-order valence-electron chi connectivity index (χ0n) is 19.1. The van der Waals surface area contributed by atoms with Gasteiger partial charge in [0.05, 0.1) is 13.1 Å². The molecule has 0 fully saturated rings. The van der Waals surface area contributed by atoms with E-state index in [1.807, 2.05) is 0 Å². The van der Waals surface area contributed by atoms with Crippen LogP contribution in [0.2, 0.25) is 0 Å². The second-order valence-electron chi connectivity index (χ2n) is 8.06. The van der Waals surface area contributed by atoms with E-state index in [1.165, 1.54) is 9.80 Å². The van der Waals surface area contributed by atoms with Crippen molar-refractivity contribution in [1.82, 2.24) is 20.4 Å². The number of rotatable bonds is 10. The van der Waals surface area contributed by atoms with Gasteiger partial charge in [-0.15, -0.1) is 25.3 Å².